The van der Waals surface area contributed by atoms with Gasteiger partial charge in [0.05, 0.1) is 17.5 Å². The number of carbonyl (C=O) groups excluding carboxylic acids is 2. The highest BCUT2D eigenvalue weighted by molar-refractivity contribution is 7.10. The van der Waals surface area contributed by atoms with Crippen molar-refractivity contribution in [3.05, 3.63) is 45.6 Å². The molecule has 0 saturated heterocycles. The summed E-state index contributed by atoms with van der Waals surface area (Å²) in [7, 11) is 0. The third kappa shape index (κ3) is 4.05. The Morgan fingerprint density at radius 1 is 1.28 bits per heavy atom. The molecule has 29 heavy (non-hydrogen) atoms. The molecule has 0 spiro atoms. The fraction of sp³-hybridized carbons (Fsp3) is 0.409. The van der Waals surface area contributed by atoms with Crippen LogP contribution in [0.5, 0.6) is 0 Å². The lowest BCUT2D eigenvalue weighted by Gasteiger charge is -2.18. The number of rotatable bonds is 7. The maximum atomic E-state index is 12.8. The van der Waals surface area contributed by atoms with Crippen LogP contribution in [0.1, 0.15) is 55.5 Å². The van der Waals surface area contributed by atoms with E-state index < -0.39 is 11.4 Å². The summed E-state index contributed by atoms with van der Waals surface area (Å²) in [6.07, 6.45) is -0.00348. The molecular weight excluding hydrogens is 388 g/mol. The zero-order valence-corrected chi connectivity index (χ0v) is 17.9. The molecule has 0 bridgehead atoms. The second kappa shape index (κ2) is 7.99. The average molecular weight is 415 g/mol. The number of aliphatic carboxylic acids is 1. The lowest BCUT2D eigenvalue weighted by atomic mass is 9.85. The van der Waals surface area contributed by atoms with E-state index in [9.17, 15) is 19.5 Å². The van der Waals surface area contributed by atoms with E-state index in [2.05, 4.69) is 5.32 Å². The molecule has 0 aliphatic carbocycles. The fourth-order valence-corrected chi connectivity index (χ4v) is 4.82. The minimum Gasteiger partial charge on any atom is -0.481 e. The molecule has 3 rings (SSSR count). The second-order valence-electron chi connectivity index (χ2n) is 7.93. The van der Waals surface area contributed by atoms with E-state index in [0.29, 0.717) is 12.2 Å². The van der Waals surface area contributed by atoms with Gasteiger partial charge >= 0.3 is 5.97 Å². The molecule has 0 fully saturated rings. The highest BCUT2D eigenvalue weighted by Crippen LogP contribution is 2.44. The molecule has 2 N–H and O–H groups in total. The van der Waals surface area contributed by atoms with Gasteiger partial charge in [-0.05, 0) is 62.4 Å². The van der Waals surface area contributed by atoms with Crippen molar-refractivity contribution in [2.45, 2.75) is 51.9 Å². The maximum Gasteiger partial charge on any atom is 0.304 e. The minimum atomic E-state index is -0.926. The van der Waals surface area contributed by atoms with Gasteiger partial charge in [0.2, 0.25) is 11.8 Å². The van der Waals surface area contributed by atoms with Crippen LogP contribution in [0.2, 0.25) is 0 Å². The highest BCUT2D eigenvalue weighted by Gasteiger charge is 2.44. The Morgan fingerprint density at radius 2 is 2.00 bits per heavy atom. The van der Waals surface area contributed by atoms with E-state index in [0.717, 1.165) is 21.7 Å². The largest absolute Gasteiger partial charge is 0.481 e. The molecule has 1 aliphatic rings. The number of carbonyl (C=O) groups is 3. The summed E-state index contributed by atoms with van der Waals surface area (Å²) in [6, 6.07) is 7.45. The SMILES string of the molecule is CCN1C(=O)C(C)(C)c2cc(NC(=O)CC(CC(=O)O)c3cccs3)cc(C)c21. The number of fused-ring (bicyclic) bond motifs is 1. The number of likely N-dealkylation sites (N-methyl/N-ethyl adjacent to an activating group) is 1. The van der Waals surface area contributed by atoms with Gasteiger partial charge in [-0.2, -0.15) is 0 Å². The first-order chi connectivity index (χ1) is 13.6. The minimum absolute atomic E-state index is 0.0563. The molecule has 2 aromatic rings. The zero-order valence-electron chi connectivity index (χ0n) is 17.1. The third-order valence-corrected chi connectivity index (χ3v) is 6.46. The molecule has 1 unspecified atom stereocenters. The van der Waals surface area contributed by atoms with Crippen LogP contribution in [-0.4, -0.2) is 29.4 Å². The molecule has 2 heterocycles. The summed E-state index contributed by atoms with van der Waals surface area (Å²) in [4.78, 5) is 39.3. The van der Waals surface area contributed by atoms with Crippen LogP contribution in [0.15, 0.2) is 29.6 Å². The number of nitrogens with one attached hydrogen (secondary N) is 1. The standard InChI is InChI=1S/C22H26N2O4S/c1-5-24-20-13(2)9-15(12-16(20)22(3,4)21(24)28)23-18(25)10-14(11-19(26)27)17-7-6-8-29-17/h6-9,12,14H,5,10-11H2,1-4H3,(H,23,25)(H,26,27). The Labute approximate surface area is 174 Å². The number of anilines is 2. The van der Waals surface area contributed by atoms with Crippen molar-refractivity contribution >= 4 is 40.5 Å². The van der Waals surface area contributed by atoms with Crippen LogP contribution in [0.4, 0.5) is 11.4 Å². The number of hydrogen-bond acceptors (Lipinski definition) is 4. The van der Waals surface area contributed by atoms with Crippen molar-refractivity contribution in [1.29, 1.82) is 0 Å². The zero-order chi connectivity index (χ0) is 21.3. The van der Waals surface area contributed by atoms with Gasteiger partial charge in [0.25, 0.3) is 0 Å². The highest BCUT2D eigenvalue weighted by atomic mass is 32.1. The van der Waals surface area contributed by atoms with Gasteiger partial charge in [-0.25, -0.2) is 0 Å². The van der Waals surface area contributed by atoms with Crippen molar-refractivity contribution < 1.29 is 19.5 Å². The third-order valence-electron chi connectivity index (χ3n) is 5.42. The van der Waals surface area contributed by atoms with E-state index in [1.165, 1.54) is 11.3 Å². The van der Waals surface area contributed by atoms with E-state index >= 15 is 0 Å². The first-order valence-corrected chi connectivity index (χ1v) is 10.5. The summed E-state index contributed by atoms with van der Waals surface area (Å²) in [5.41, 5.74) is 2.73. The molecule has 154 valence electrons. The van der Waals surface area contributed by atoms with Gasteiger partial charge in [-0.15, -0.1) is 11.3 Å². The fourth-order valence-electron chi connectivity index (χ4n) is 3.99. The number of carboxylic acids is 1. The predicted molar refractivity (Wildman–Crippen MR) is 115 cm³/mol. The monoisotopic (exact) mass is 414 g/mol. The second-order valence-corrected chi connectivity index (χ2v) is 8.91. The normalized spacial score (nSPS) is 15.9. The van der Waals surface area contributed by atoms with Crippen LogP contribution >= 0.6 is 11.3 Å². The van der Waals surface area contributed by atoms with Crippen LogP contribution < -0.4 is 10.2 Å². The van der Waals surface area contributed by atoms with E-state index in [-0.39, 0.29) is 30.6 Å². The number of aryl methyl sites for hydroxylation is 1. The molecule has 2 amide bonds. The Kier molecular flexibility index (Phi) is 5.80. The molecule has 0 saturated carbocycles. The van der Waals surface area contributed by atoms with Gasteiger partial charge in [0.15, 0.2) is 0 Å². The average Bonchev–Trinajstić information content (AvgIpc) is 3.22. The van der Waals surface area contributed by atoms with Gasteiger partial charge < -0.3 is 15.3 Å². The summed E-state index contributed by atoms with van der Waals surface area (Å²) < 4.78 is 0. The molecule has 7 heteroatoms. The van der Waals surface area contributed by atoms with E-state index in [1.54, 1.807) is 4.90 Å². The van der Waals surface area contributed by atoms with Crippen molar-refractivity contribution in [1.82, 2.24) is 0 Å². The molecule has 0 radical (unpaired) electrons. The molecule has 1 aromatic carbocycles. The Bertz CT molecular complexity index is 950. The smallest absolute Gasteiger partial charge is 0.304 e. The summed E-state index contributed by atoms with van der Waals surface area (Å²) >= 11 is 1.46. The van der Waals surface area contributed by atoms with E-state index in [1.807, 2.05) is 57.3 Å². The van der Waals surface area contributed by atoms with Crippen LogP contribution in [0, 0.1) is 6.92 Å². The van der Waals surface area contributed by atoms with Gasteiger partial charge in [-0.3, -0.25) is 14.4 Å². The summed E-state index contributed by atoms with van der Waals surface area (Å²) in [5.74, 6) is -1.47. The number of hydrogen-bond donors (Lipinski definition) is 2. The van der Waals surface area contributed by atoms with Gasteiger partial charge in [0.1, 0.15) is 0 Å². The summed E-state index contributed by atoms with van der Waals surface area (Å²) in [5, 5.41) is 14.0. The van der Waals surface area contributed by atoms with Crippen LogP contribution in [-0.2, 0) is 19.8 Å². The molecule has 1 aliphatic heterocycles. The Morgan fingerprint density at radius 3 is 2.59 bits per heavy atom. The van der Waals surface area contributed by atoms with Crippen LogP contribution in [0.25, 0.3) is 0 Å². The Balaban J connectivity index is 1.83. The lowest BCUT2D eigenvalue weighted by molar-refractivity contribution is -0.137. The van der Waals surface area contributed by atoms with E-state index in [4.69, 9.17) is 0 Å². The summed E-state index contributed by atoms with van der Waals surface area (Å²) in [6.45, 7) is 8.28. The first-order valence-electron chi connectivity index (χ1n) is 9.67. The van der Waals surface area contributed by atoms with Crippen molar-refractivity contribution in [2.75, 3.05) is 16.8 Å². The number of benzene rings is 1. The van der Waals surface area contributed by atoms with Gasteiger partial charge in [0, 0.05) is 29.4 Å². The van der Waals surface area contributed by atoms with Gasteiger partial charge in [-0.1, -0.05) is 6.07 Å². The Hall–Kier alpha value is -2.67. The lowest BCUT2D eigenvalue weighted by Crippen LogP contribution is -2.36. The number of carboxylic acid groups (broad SMARTS) is 1. The molecule has 6 nitrogen and oxygen atoms in total. The number of nitrogens with zero attached hydrogens (tertiary/aromatic N) is 1. The van der Waals surface area contributed by atoms with Crippen LogP contribution in [0.3, 0.4) is 0 Å². The van der Waals surface area contributed by atoms with Crippen molar-refractivity contribution in [3.8, 4) is 0 Å². The number of amides is 2. The quantitative estimate of drug-likeness (QED) is 0.708. The number of thiophene rings is 1. The first kappa shape index (κ1) is 21.0. The molecule has 1 atom stereocenters. The predicted octanol–water partition coefficient (Wildman–Crippen LogP) is 4.29. The molecule has 1 aromatic heterocycles. The molecular formula is C22H26N2O4S. The maximum absolute atomic E-state index is 12.8. The van der Waals surface area contributed by atoms with Crippen molar-refractivity contribution in [2.24, 2.45) is 0 Å². The topological polar surface area (TPSA) is 86.7 Å². The van der Waals surface area contributed by atoms with Crippen molar-refractivity contribution in [3.63, 3.8) is 0 Å².